The van der Waals surface area contributed by atoms with Crippen molar-refractivity contribution in [2.45, 2.75) is 6.92 Å². The number of aryl methyl sites for hydroxylation is 1. The van der Waals surface area contributed by atoms with Crippen molar-refractivity contribution in [3.63, 3.8) is 0 Å². The van der Waals surface area contributed by atoms with Gasteiger partial charge in [-0.1, -0.05) is 12.1 Å². The molecule has 3 nitrogen and oxygen atoms in total. The zero-order valence-electron chi connectivity index (χ0n) is 5.95. The van der Waals surface area contributed by atoms with Crippen LogP contribution in [0.3, 0.4) is 0 Å². The van der Waals surface area contributed by atoms with Crippen LogP contribution in [0.25, 0.3) is 11.0 Å². The zero-order valence-corrected chi connectivity index (χ0v) is 6.71. The zero-order chi connectivity index (χ0) is 7.84. The largest absolute Gasteiger partial charge is 0.152 e. The van der Waals surface area contributed by atoms with Gasteiger partial charge in [-0.05, 0) is 23.8 Å². The fraction of sp³-hybridized carbons (Fsp3) is 0.143. The van der Waals surface area contributed by atoms with E-state index in [0.29, 0.717) is 0 Å². The predicted molar refractivity (Wildman–Crippen MR) is 43.5 cm³/mol. The molecule has 1 aromatic carbocycles. The van der Waals surface area contributed by atoms with Gasteiger partial charge in [0.2, 0.25) is 0 Å². The number of aromatic nitrogens is 3. The lowest BCUT2D eigenvalue weighted by Crippen LogP contribution is -1.80. The summed E-state index contributed by atoms with van der Waals surface area (Å²) < 4.78 is 1.25. The van der Waals surface area contributed by atoms with Crippen LogP contribution in [0.5, 0.6) is 0 Å². The highest BCUT2D eigenvalue weighted by Crippen LogP contribution is 2.14. The molecule has 2 rings (SSSR count). The lowest BCUT2D eigenvalue weighted by atomic mass is 10.2. The lowest BCUT2D eigenvalue weighted by Gasteiger charge is -1.90. The van der Waals surface area contributed by atoms with Gasteiger partial charge in [-0.25, -0.2) is 0 Å². The smallest absolute Gasteiger partial charge is 0.117 e. The summed E-state index contributed by atoms with van der Waals surface area (Å²) in [6.45, 7) is 1.98. The SMILES string of the molecule is Cc1cccc2c1nnn2Cl. The molecule has 0 unspecified atom stereocenters. The number of halogens is 1. The Bertz CT molecular complexity index is 393. The molecule has 0 N–H and O–H groups in total. The minimum absolute atomic E-state index is 0.853. The van der Waals surface area contributed by atoms with E-state index in [2.05, 4.69) is 10.3 Å². The molecule has 0 bridgehead atoms. The molecule has 2 aromatic rings. The van der Waals surface area contributed by atoms with Crippen LogP contribution in [-0.2, 0) is 0 Å². The molecule has 0 atom stereocenters. The van der Waals surface area contributed by atoms with Crippen LogP contribution in [0.15, 0.2) is 18.2 Å². The molecular weight excluding hydrogens is 162 g/mol. The Morgan fingerprint density at radius 2 is 2.27 bits per heavy atom. The molecule has 0 spiro atoms. The van der Waals surface area contributed by atoms with Gasteiger partial charge in [-0.2, -0.15) is 4.20 Å². The van der Waals surface area contributed by atoms with Gasteiger partial charge in [0.1, 0.15) is 11.0 Å². The molecule has 4 heteroatoms. The van der Waals surface area contributed by atoms with Crippen molar-refractivity contribution >= 4 is 22.8 Å². The summed E-state index contributed by atoms with van der Waals surface area (Å²) in [5.74, 6) is 0. The van der Waals surface area contributed by atoms with Crippen molar-refractivity contribution in [2.75, 3.05) is 0 Å². The van der Waals surface area contributed by atoms with Gasteiger partial charge in [-0.15, -0.1) is 5.10 Å². The summed E-state index contributed by atoms with van der Waals surface area (Å²) in [6, 6.07) is 5.79. The number of fused-ring (bicyclic) bond motifs is 1. The van der Waals surface area contributed by atoms with E-state index >= 15 is 0 Å². The van der Waals surface area contributed by atoms with E-state index in [9.17, 15) is 0 Å². The van der Waals surface area contributed by atoms with Crippen LogP contribution in [0.1, 0.15) is 5.56 Å². The van der Waals surface area contributed by atoms with Crippen LogP contribution in [0.2, 0.25) is 0 Å². The highest BCUT2D eigenvalue weighted by Gasteiger charge is 2.02. The van der Waals surface area contributed by atoms with Crippen LogP contribution < -0.4 is 0 Å². The Balaban J connectivity index is 2.94. The third-order valence-electron chi connectivity index (χ3n) is 1.64. The van der Waals surface area contributed by atoms with E-state index in [1.165, 1.54) is 4.20 Å². The van der Waals surface area contributed by atoms with Gasteiger partial charge in [-0.3, -0.25) is 0 Å². The van der Waals surface area contributed by atoms with Gasteiger partial charge in [0, 0.05) is 11.8 Å². The number of rotatable bonds is 0. The van der Waals surface area contributed by atoms with Crippen molar-refractivity contribution in [1.82, 2.24) is 14.5 Å². The van der Waals surface area contributed by atoms with E-state index in [0.717, 1.165) is 16.6 Å². The topological polar surface area (TPSA) is 30.7 Å². The van der Waals surface area contributed by atoms with E-state index in [1.54, 1.807) is 0 Å². The van der Waals surface area contributed by atoms with Crippen molar-refractivity contribution < 1.29 is 0 Å². The number of hydrogen-bond donors (Lipinski definition) is 0. The van der Waals surface area contributed by atoms with Crippen molar-refractivity contribution in [3.05, 3.63) is 23.8 Å². The first kappa shape index (κ1) is 6.61. The molecule has 0 amide bonds. The summed E-state index contributed by atoms with van der Waals surface area (Å²) >= 11 is 5.69. The summed E-state index contributed by atoms with van der Waals surface area (Å²) in [4.78, 5) is 0. The normalized spacial score (nSPS) is 10.7. The van der Waals surface area contributed by atoms with Crippen molar-refractivity contribution in [1.29, 1.82) is 0 Å². The second kappa shape index (κ2) is 2.20. The van der Waals surface area contributed by atoms with E-state index in [4.69, 9.17) is 11.8 Å². The minimum atomic E-state index is 0.853. The molecular formula is C7H6ClN3. The average Bonchev–Trinajstić information content (AvgIpc) is 2.35. The first-order valence-electron chi connectivity index (χ1n) is 3.26. The van der Waals surface area contributed by atoms with Crippen LogP contribution in [-0.4, -0.2) is 14.5 Å². The monoisotopic (exact) mass is 167 g/mol. The van der Waals surface area contributed by atoms with Crippen LogP contribution >= 0.6 is 11.8 Å². The minimum Gasteiger partial charge on any atom is -0.152 e. The second-order valence-electron chi connectivity index (χ2n) is 2.39. The maximum Gasteiger partial charge on any atom is 0.117 e. The molecule has 56 valence electrons. The highest BCUT2D eigenvalue weighted by atomic mass is 35.5. The Labute approximate surface area is 68.7 Å². The molecule has 11 heavy (non-hydrogen) atoms. The standard InChI is InChI=1S/C7H6ClN3/c1-5-3-2-4-6-7(5)9-10-11(6)8/h2-4H,1H3. The van der Waals surface area contributed by atoms with Crippen molar-refractivity contribution in [2.24, 2.45) is 0 Å². The number of benzene rings is 1. The molecule has 0 saturated heterocycles. The Morgan fingerprint density at radius 1 is 1.45 bits per heavy atom. The molecule has 1 aromatic heterocycles. The highest BCUT2D eigenvalue weighted by molar-refractivity contribution is 6.17. The Hall–Kier alpha value is -1.09. The van der Waals surface area contributed by atoms with Gasteiger partial charge in [0.15, 0.2) is 0 Å². The van der Waals surface area contributed by atoms with E-state index < -0.39 is 0 Å². The van der Waals surface area contributed by atoms with Gasteiger partial charge < -0.3 is 0 Å². The molecule has 0 aliphatic rings. The average molecular weight is 168 g/mol. The first-order chi connectivity index (χ1) is 5.29. The van der Waals surface area contributed by atoms with Gasteiger partial charge in [0.25, 0.3) is 0 Å². The summed E-state index contributed by atoms with van der Waals surface area (Å²) in [7, 11) is 0. The summed E-state index contributed by atoms with van der Waals surface area (Å²) in [6.07, 6.45) is 0. The Morgan fingerprint density at radius 3 is 3.00 bits per heavy atom. The molecule has 0 aliphatic carbocycles. The maximum atomic E-state index is 5.69. The fourth-order valence-electron chi connectivity index (χ4n) is 1.05. The van der Waals surface area contributed by atoms with Crippen LogP contribution in [0.4, 0.5) is 0 Å². The van der Waals surface area contributed by atoms with E-state index in [1.807, 2.05) is 25.1 Å². The fourth-order valence-corrected chi connectivity index (χ4v) is 1.22. The molecule has 0 radical (unpaired) electrons. The van der Waals surface area contributed by atoms with E-state index in [-0.39, 0.29) is 0 Å². The quantitative estimate of drug-likeness (QED) is 0.599. The first-order valence-corrected chi connectivity index (χ1v) is 3.60. The molecule has 0 aliphatic heterocycles. The maximum absolute atomic E-state index is 5.69. The van der Waals surface area contributed by atoms with Gasteiger partial charge >= 0.3 is 0 Å². The second-order valence-corrected chi connectivity index (χ2v) is 2.71. The number of hydrogen-bond acceptors (Lipinski definition) is 2. The van der Waals surface area contributed by atoms with Crippen molar-refractivity contribution in [3.8, 4) is 0 Å². The van der Waals surface area contributed by atoms with Gasteiger partial charge in [0.05, 0.1) is 0 Å². The molecule has 0 fully saturated rings. The third kappa shape index (κ3) is 0.886. The summed E-state index contributed by atoms with van der Waals surface area (Å²) in [5, 5.41) is 7.59. The lowest BCUT2D eigenvalue weighted by molar-refractivity contribution is 0.899. The predicted octanol–water partition coefficient (Wildman–Crippen LogP) is 1.74. The van der Waals surface area contributed by atoms with Crippen LogP contribution in [0, 0.1) is 6.92 Å². The Kier molecular flexibility index (Phi) is 1.32. The summed E-state index contributed by atoms with van der Waals surface area (Å²) in [5.41, 5.74) is 2.81. The molecule has 1 heterocycles. The number of nitrogens with zero attached hydrogens (tertiary/aromatic N) is 3. The molecule has 0 saturated carbocycles. The third-order valence-corrected chi connectivity index (χ3v) is 1.89.